The van der Waals surface area contributed by atoms with Crippen LogP contribution in [0.2, 0.25) is 0 Å². The van der Waals surface area contributed by atoms with Gasteiger partial charge in [0.15, 0.2) is 6.20 Å². The number of hydrogen-bond donors (Lipinski definition) is 0. The van der Waals surface area contributed by atoms with Crippen molar-refractivity contribution >= 4 is 48.0 Å². The first-order valence-corrected chi connectivity index (χ1v) is 11.4. The zero-order chi connectivity index (χ0) is 21.9. The zero-order valence-electron chi connectivity index (χ0n) is 18.6. The fourth-order valence-corrected chi connectivity index (χ4v) is 6.02. The first-order valence-electron chi connectivity index (χ1n) is 10.6. The van der Waals surface area contributed by atoms with Crippen LogP contribution >= 0.6 is 11.3 Å². The molecule has 0 fully saturated rings. The number of nitrogens with zero attached hydrogens (tertiary/aromatic N) is 2. The third-order valence-electron chi connectivity index (χ3n) is 6.26. The zero-order valence-corrected chi connectivity index (χ0v) is 19.4. The van der Waals surface area contributed by atoms with Crippen LogP contribution in [-0.4, -0.2) is 0 Å². The SMILES string of the molecule is [C-]#[N+]c1cccc2c1sc1c(-c3cc(C(C)(C)C)c4ccccc4c3C)[n+](C)ccc12. The van der Waals surface area contributed by atoms with Crippen molar-refractivity contribution in [2.75, 3.05) is 0 Å². The summed E-state index contributed by atoms with van der Waals surface area (Å²) in [7, 11) is 2.13. The van der Waals surface area contributed by atoms with Crippen LogP contribution < -0.4 is 4.57 Å². The second kappa shape index (κ2) is 6.90. The maximum absolute atomic E-state index is 7.61. The van der Waals surface area contributed by atoms with Crippen molar-refractivity contribution in [3.05, 3.63) is 83.3 Å². The monoisotopic (exact) mass is 421 g/mol. The minimum absolute atomic E-state index is 0.0337. The van der Waals surface area contributed by atoms with Crippen LogP contribution in [0.3, 0.4) is 0 Å². The van der Waals surface area contributed by atoms with E-state index in [1.807, 2.05) is 12.1 Å². The fraction of sp³-hybridized carbons (Fsp3) is 0.214. The molecule has 0 aliphatic heterocycles. The van der Waals surface area contributed by atoms with Crippen LogP contribution in [0.4, 0.5) is 5.69 Å². The highest BCUT2D eigenvalue weighted by atomic mass is 32.1. The molecule has 152 valence electrons. The summed E-state index contributed by atoms with van der Waals surface area (Å²) in [6.45, 7) is 16.7. The smallest absolute Gasteiger partial charge is 0.230 e. The van der Waals surface area contributed by atoms with Gasteiger partial charge in [-0.25, -0.2) is 4.85 Å². The Labute approximate surface area is 187 Å². The largest absolute Gasteiger partial charge is 0.237 e. The molecule has 31 heavy (non-hydrogen) atoms. The molecule has 0 saturated carbocycles. The Morgan fingerprint density at radius 1 is 0.871 bits per heavy atom. The van der Waals surface area contributed by atoms with E-state index in [2.05, 4.69) is 92.8 Å². The molecule has 0 aliphatic rings. The molecule has 0 unspecified atom stereocenters. The third-order valence-corrected chi connectivity index (χ3v) is 7.51. The molecule has 0 bridgehead atoms. The van der Waals surface area contributed by atoms with Gasteiger partial charge >= 0.3 is 0 Å². The van der Waals surface area contributed by atoms with E-state index in [9.17, 15) is 0 Å². The van der Waals surface area contributed by atoms with E-state index in [-0.39, 0.29) is 5.41 Å². The number of pyridine rings is 1. The minimum Gasteiger partial charge on any atom is -0.237 e. The van der Waals surface area contributed by atoms with Crippen LogP contribution in [0.15, 0.2) is 60.8 Å². The quantitative estimate of drug-likeness (QED) is 0.192. The van der Waals surface area contributed by atoms with Gasteiger partial charge in [-0.15, -0.1) is 11.3 Å². The minimum atomic E-state index is 0.0337. The summed E-state index contributed by atoms with van der Waals surface area (Å²) in [5, 5.41) is 5.04. The van der Waals surface area contributed by atoms with Gasteiger partial charge in [-0.2, -0.15) is 4.57 Å². The Balaban J connectivity index is 1.96. The van der Waals surface area contributed by atoms with Crippen molar-refractivity contribution in [3.63, 3.8) is 0 Å². The maximum atomic E-state index is 7.61. The van der Waals surface area contributed by atoms with Gasteiger partial charge in [-0.3, -0.25) is 0 Å². The summed E-state index contributed by atoms with van der Waals surface area (Å²) in [5.41, 5.74) is 5.93. The highest BCUT2D eigenvalue weighted by molar-refractivity contribution is 7.26. The molecule has 0 spiro atoms. The van der Waals surface area contributed by atoms with Crippen molar-refractivity contribution in [2.24, 2.45) is 7.05 Å². The average molecular weight is 422 g/mol. The molecular weight excluding hydrogens is 396 g/mol. The second-order valence-corrected chi connectivity index (χ2v) is 10.3. The number of benzene rings is 3. The summed E-state index contributed by atoms with van der Waals surface area (Å²) in [4.78, 5) is 3.78. The van der Waals surface area contributed by atoms with Crippen LogP contribution in [-0.2, 0) is 12.5 Å². The molecule has 0 amide bonds. The van der Waals surface area contributed by atoms with Gasteiger partial charge in [0, 0.05) is 16.2 Å². The van der Waals surface area contributed by atoms with Gasteiger partial charge < -0.3 is 0 Å². The lowest BCUT2D eigenvalue weighted by atomic mass is 9.80. The first kappa shape index (κ1) is 19.7. The number of aryl methyl sites for hydroxylation is 2. The van der Waals surface area contributed by atoms with Crippen molar-refractivity contribution in [3.8, 4) is 11.3 Å². The Hall–Kier alpha value is -3.22. The van der Waals surface area contributed by atoms with Crippen molar-refractivity contribution in [1.82, 2.24) is 0 Å². The van der Waals surface area contributed by atoms with E-state index in [0.29, 0.717) is 0 Å². The van der Waals surface area contributed by atoms with Gasteiger partial charge in [0.05, 0.1) is 12.1 Å². The van der Waals surface area contributed by atoms with Crippen molar-refractivity contribution in [1.29, 1.82) is 0 Å². The summed E-state index contributed by atoms with van der Waals surface area (Å²) < 4.78 is 4.56. The lowest BCUT2D eigenvalue weighted by Crippen LogP contribution is -2.30. The molecule has 0 atom stereocenters. The number of aromatic nitrogens is 1. The van der Waals surface area contributed by atoms with E-state index in [0.717, 1.165) is 10.4 Å². The molecule has 2 heterocycles. The number of hydrogen-bond acceptors (Lipinski definition) is 1. The predicted molar refractivity (Wildman–Crippen MR) is 133 cm³/mol. The number of fused-ring (bicyclic) bond motifs is 4. The Morgan fingerprint density at radius 2 is 1.55 bits per heavy atom. The standard InChI is InChI=1S/C28H25N2S/c1-17-18-10-7-8-11-19(18)23(28(2,3)4)16-22(17)25-27-21(14-15-30(25)6)20-12-9-13-24(29-5)26(20)31-27/h7-16H,1-4,6H3/q+1. The lowest BCUT2D eigenvalue weighted by Gasteiger charge is -2.24. The van der Waals surface area contributed by atoms with Crippen LogP contribution in [0, 0.1) is 13.5 Å². The Bertz CT molecular complexity index is 1540. The molecule has 0 N–H and O–H groups in total. The van der Waals surface area contributed by atoms with E-state index < -0.39 is 0 Å². The highest BCUT2D eigenvalue weighted by Gasteiger charge is 2.26. The fourth-order valence-electron chi connectivity index (χ4n) is 4.67. The Morgan fingerprint density at radius 3 is 2.26 bits per heavy atom. The molecular formula is C28H25N2S+. The number of rotatable bonds is 1. The van der Waals surface area contributed by atoms with E-state index >= 15 is 0 Å². The summed E-state index contributed by atoms with van der Waals surface area (Å²) in [5.74, 6) is 0. The van der Waals surface area contributed by atoms with Gasteiger partial charge in [0.2, 0.25) is 11.4 Å². The van der Waals surface area contributed by atoms with Gasteiger partial charge in [0.1, 0.15) is 11.7 Å². The predicted octanol–water partition coefficient (Wildman–Crippen LogP) is 7.86. The van der Waals surface area contributed by atoms with Gasteiger partial charge in [-0.05, 0) is 45.7 Å². The van der Waals surface area contributed by atoms with E-state index in [4.69, 9.17) is 6.57 Å². The molecule has 3 heteroatoms. The lowest BCUT2D eigenvalue weighted by molar-refractivity contribution is -0.659. The molecule has 0 radical (unpaired) electrons. The molecule has 0 aliphatic carbocycles. The first-order chi connectivity index (χ1) is 14.8. The van der Waals surface area contributed by atoms with Gasteiger partial charge in [-0.1, -0.05) is 63.2 Å². The third kappa shape index (κ3) is 2.94. The van der Waals surface area contributed by atoms with Crippen LogP contribution in [0.1, 0.15) is 31.9 Å². The summed E-state index contributed by atoms with van der Waals surface area (Å²) in [6.07, 6.45) is 2.15. The normalized spacial score (nSPS) is 12.0. The molecule has 2 aromatic heterocycles. The van der Waals surface area contributed by atoms with Crippen molar-refractivity contribution < 1.29 is 4.57 Å². The Kier molecular flexibility index (Phi) is 4.39. The highest BCUT2D eigenvalue weighted by Crippen LogP contribution is 2.44. The molecule has 2 nitrogen and oxygen atoms in total. The summed E-state index contributed by atoms with van der Waals surface area (Å²) in [6, 6.07) is 19.4. The molecule has 3 aromatic carbocycles. The average Bonchev–Trinajstić information content (AvgIpc) is 3.12. The van der Waals surface area contributed by atoms with Gasteiger partial charge in [0.25, 0.3) is 0 Å². The van der Waals surface area contributed by atoms with E-state index in [1.54, 1.807) is 11.3 Å². The molecule has 5 aromatic rings. The van der Waals surface area contributed by atoms with Crippen LogP contribution in [0.5, 0.6) is 0 Å². The van der Waals surface area contributed by atoms with E-state index in [1.165, 1.54) is 48.6 Å². The summed E-state index contributed by atoms with van der Waals surface area (Å²) >= 11 is 1.74. The topological polar surface area (TPSA) is 8.24 Å². The maximum Gasteiger partial charge on any atom is 0.230 e. The van der Waals surface area contributed by atoms with Crippen LogP contribution in [0.25, 0.3) is 47.0 Å². The molecule has 0 saturated heterocycles. The van der Waals surface area contributed by atoms with Crippen molar-refractivity contribution in [2.45, 2.75) is 33.1 Å². The second-order valence-electron chi connectivity index (χ2n) is 9.28. The number of thiophene rings is 1. The molecule has 5 rings (SSSR count).